The molecular weight excluding hydrogens is 186 g/mol. The first-order valence-electron chi connectivity index (χ1n) is 4.76. The largest absolute Gasteiger partial charge is 0.394 e. The Balaban J connectivity index is 2.20. The second-order valence-electron chi connectivity index (χ2n) is 3.23. The van der Waals surface area contributed by atoms with E-state index in [4.69, 9.17) is 15.7 Å². The molecule has 0 aromatic rings. The van der Waals surface area contributed by atoms with Gasteiger partial charge in [0.05, 0.1) is 19.3 Å². The van der Waals surface area contributed by atoms with Gasteiger partial charge in [0.25, 0.3) is 0 Å². The summed E-state index contributed by atoms with van der Waals surface area (Å²) in [5.41, 5.74) is 2.10. The SMILES string of the molecule is NNC(=O)N1CCC(OCCO)CC1. The smallest absolute Gasteiger partial charge is 0.331 e. The number of aliphatic hydroxyl groups is 1. The Labute approximate surface area is 83.0 Å². The highest BCUT2D eigenvalue weighted by atomic mass is 16.5. The highest BCUT2D eigenvalue weighted by molar-refractivity contribution is 5.73. The summed E-state index contributed by atoms with van der Waals surface area (Å²) in [6.07, 6.45) is 1.75. The minimum absolute atomic E-state index is 0.0451. The maximum Gasteiger partial charge on any atom is 0.331 e. The van der Waals surface area contributed by atoms with Gasteiger partial charge in [-0.25, -0.2) is 10.6 Å². The number of ether oxygens (including phenoxy) is 1. The van der Waals surface area contributed by atoms with Gasteiger partial charge in [-0.15, -0.1) is 0 Å². The Morgan fingerprint density at radius 3 is 2.71 bits per heavy atom. The number of rotatable bonds is 3. The van der Waals surface area contributed by atoms with Crippen molar-refractivity contribution in [3.63, 3.8) is 0 Å². The van der Waals surface area contributed by atoms with Crippen LogP contribution in [-0.2, 0) is 4.74 Å². The van der Waals surface area contributed by atoms with E-state index in [1.54, 1.807) is 4.90 Å². The Bertz CT molecular complexity index is 181. The fourth-order valence-electron chi connectivity index (χ4n) is 1.54. The number of aliphatic hydroxyl groups excluding tert-OH is 1. The van der Waals surface area contributed by atoms with Crippen molar-refractivity contribution in [1.29, 1.82) is 0 Å². The molecule has 0 bridgehead atoms. The number of nitrogens with zero attached hydrogens (tertiary/aromatic N) is 1. The van der Waals surface area contributed by atoms with Crippen LogP contribution in [0.1, 0.15) is 12.8 Å². The number of amides is 2. The van der Waals surface area contributed by atoms with Crippen molar-refractivity contribution in [3.8, 4) is 0 Å². The molecule has 14 heavy (non-hydrogen) atoms. The molecular formula is C8H17N3O3. The first-order chi connectivity index (χ1) is 6.77. The number of piperidine rings is 1. The van der Waals surface area contributed by atoms with Gasteiger partial charge in [0.1, 0.15) is 0 Å². The van der Waals surface area contributed by atoms with Gasteiger partial charge < -0.3 is 14.7 Å². The van der Waals surface area contributed by atoms with E-state index in [-0.39, 0.29) is 18.7 Å². The van der Waals surface area contributed by atoms with Crippen LogP contribution in [0.5, 0.6) is 0 Å². The number of nitrogens with two attached hydrogens (primary N) is 1. The lowest BCUT2D eigenvalue weighted by Crippen LogP contribution is -2.48. The van der Waals surface area contributed by atoms with Crippen LogP contribution in [0.15, 0.2) is 0 Å². The summed E-state index contributed by atoms with van der Waals surface area (Å²) in [6, 6.07) is -0.245. The summed E-state index contributed by atoms with van der Waals surface area (Å²) in [5.74, 6) is 5.01. The fourth-order valence-corrected chi connectivity index (χ4v) is 1.54. The van der Waals surface area contributed by atoms with Crippen molar-refractivity contribution >= 4 is 6.03 Å². The molecule has 0 saturated carbocycles. The lowest BCUT2D eigenvalue weighted by Gasteiger charge is -2.31. The molecule has 0 unspecified atom stereocenters. The molecule has 0 radical (unpaired) electrons. The molecule has 4 N–H and O–H groups in total. The van der Waals surface area contributed by atoms with Gasteiger partial charge in [0, 0.05) is 13.1 Å². The van der Waals surface area contributed by atoms with E-state index in [0.29, 0.717) is 19.7 Å². The number of hydrogen-bond acceptors (Lipinski definition) is 4. The Morgan fingerprint density at radius 2 is 2.21 bits per heavy atom. The van der Waals surface area contributed by atoms with Crippen molar-refractivity contribution in [2.24, 2.45) is 5.84 Å². The van der Waals surface area contributed by atoms with Gasteiger partial charge in [0.15, 0.2) is 0 Å². The molecule has 2 amide bonds. The zero-order valence-electron chi connectivity index (χ0n) is 8.11. The van der Waals surface area contributed by atoms with Crippen molar-refractivity contribution in [3.05, 3.63) is 0 Å². The fraction of sp³-hybridized carbons (Fsp3) is 0.875. The highest BCUT2D eigenvalue weighted by Gasteiger charge is 2.22. The van der Waals surface area contributed by atoms with E-state index in [0.717, 1.165) is 12.8 Å². The summed E-state index contributed by atoms with van der Waals surface area (Å²) >= 11 is 0. The van der Waals surface area contributed by atoms with Gasteiger partial charge in [-0.3, -0.25) is 5.43 Å². The predicted molar refractivity (Wildman–Crippen MR) is 50.4 cm³/mol. The van der Waals surface area contributed by atoms with E-state index >= 15 is 0 Å². The second kappa shape index (κ2) is 5.79. The van der Waals surface area contributed by atoms with E-state index in [1.807, 2.05) is 0 Å². The van der Waals surface area contributed by atoms with Crippen LogP contribution in [0.25, 0.3) is 0 Å². The van der Waals surface area contributed by atoms with Gasteiger partial charge in [-0.1, -0.05) is 0 Å². The molecule has 1 rings (SSSR count). The monoisotopic (exact) mass is 203 g/mol. The highest BCUT2D eigenvalue weighted by Crippen LogP contribution is 2.13. The van der Waals surface area contributed by atoms with E-state index < -0.39 is 0 Å². The number of carbonyl (C=O) groups is 1. The zero-order valence-corrected chi connectivity index (χ0v) is 8.11. The molecule has 1 saturated heterocycles. The van der Waals surface area contributed by atoms with Crippen molar-refractivity contribution in [1.82, 2.24) is 10.3 Å². The maximum atomic E-state index is 11.1. The number of urea groups is 1. The molecule has 1 aliphatic heterocycles. The van der Waals surface area contributed by atoms with E-state index in [1.165, 1.54) is 0 Å². The average Bonchev–Trinajstić information content (AvgIpc) is 2.26. The third kappa shape index (κ3) is 3.13. The standard InChI is InChI=1S/C8H17N3O3/c9-10-8(13)11-3-1-7(2-4-11)14-6-5-12/h7,12H,1-6,9H2,(H,10,13). The van der Waals surface area contributed by atoms with Crippen molar-refractivity contribution in [2.45, 2.75) is 18.9 Å². The molecule has 1 aliphatic rings. The van der Waals surface area contributed by atoms with Gasteiger partial charge >= 0.3 is 6.03 Å². The molecule has 0 aliphatic carbocycles. The third-order valence-electron chi connectivity index (χ3n) is 2.30. The summed E-state index contributed by atoms with van der Waals surface area (Å²) < 4.78 is 5.35. The van der Waals surface area contributed by atoms with Crippen molar-refractivity contribution in [2.75, 3.05) is 26.3 Å². The Hall–Kier alpha value is -0.850. The third-order valence-corrected chi connectivity index (χ3v) is 2.30. The topological polar surface area (TPSA) is 87.8 Å². The quantitative estimate of drug-likeness (QED) is 0.313. The van der Waals surface area contributed by atoms with Gasteiger partial charge in [-0.05, 0) is 12.8 Å². The average molecular weight is 203 g/mol. The Morgan fingerprint density at radius 1 is 1.57 bits per heavy atom. The number of hydrogen-bond donors (Lipinski definition) is 3. The van der Waals surface area contributed by atoms with Crippen molar-refractivity contribution < 1.29 is 14.6 Å². The number of carbonyl (C=O) groups excluding carboxylic acids is 1. The number of hydrazine groups is 1. The summed E-state index contributed by atoms with van der Waals surface area (Å²) in [6.45, 7) is 1.72. The summed E-state index contributed by atoms with van der Waals surface area (Å²) in [4.78, 5) is 12.7. The predicted octanol–water partition coefficient (Wildman–Crippen LogP) is -0.957. The minimum Gasteiger partial charge on any atom is -0.394 e. The second-order valence-corrected chi connectivity index (χ2v) is 3.23. The molecule has 1 fully saturated rings. The maximum absolute atomic E-state index is 11.1. The van der Waals surface area contributed by atoms with Gasteiger partial charge in [-0.2, -0.15) is 0 Å². The molecule has 1 heterocycles. The van der Waals surface area contributed by atoms with Crippen LogP contribution in [0.4, 0.5) is 4.79 Å². The van der Waals surface area contributed by atoms with Crippen LogP contribution in [0.2, 0.25) is 0 Å². The molecule has 0 atom stereocenters. The molecule has 6 nitrogen and oxygen atoms in total. The molecule has 0 spiro atoms. The van der Waals surface area contributed by atoms with Crippen LogP contribution < -0.4 is 11.3 Å². The summed E-state index contributed by atoms with van der Waals surface area (Å²) in [5, 5.41) is 8.56. The van der Waals surface area contributed by atoms with E-state index in [2.05, 4.69) is 5.43 Å². The first-order valence-corrected chi connectivity index (χ1v) is 4.76. The lowest BCUT2D eigenvalue weighted by atomic mass is 10.1. The van der Waals surface area contributed by atoms with Gasteiger partial charge in [0.2, 0.25) is 0 Å². The summed E-state index contributed by atoms with van der Waals surface area (Å²) in [7, 11) is 0. The minimum atomic E-state index is -0.245. The van der Waals surface area contributed by atoms with E-state index in [9.17, 15) is 4.79 Å². The zero-order chi connectivity index (χ0) is 10.4. The normalized spacial score (nSPS) is 18.3. The molecule has 0 aromatic heterocycles. The molecule has 6 heteroatoms. The lowest BCUT2D eigenvalue weighted by molar-refractivity contribution is -0.00166. The molecule has 0 aromatic carbocycles. The Kier molecular flexibility index (Phi) is 4.64. The first kappa shape index (κ1) is 11.2. The molecule has 82 valence electrons. The van der Waals surface area contributed by atoms with Crippen LogP contribution >= 0.6 is 0 Å². The van der Waals surface area contributed by atoms with Crippen LogP contribution in [0, 0.1) is 0 Å². The number of nitrogens with one attached hydrogen (secondary N) is 1. The van der Waals surface area contributed by atoms with Crippen LogP contribution in [0.3, 0.4) is 0 Å². The number of likely N-dealkylation sites (tertiary alicyclic amines) is 1. The van der Waals surface area contributed by atoms with Crippen LogP contribution in [-0.4, -0.2) is 48.4 Å².